The van der Waals surface area contributed by atoms with E-state index in [1.165, 1.54) is 11.6 Å². The van der Waals surface area contributed by atoms with Crippen LogP contribution in [-0.4, -0.2) is 71.5 Å². The molecule has 0 unspecified atom stereocenters. The molecule has 1 aliphatic heterocycles. The highest BCUT2D eigenvalue weighted by Gasteiger charge is 2.46. The van der Waals surface area contributed by atoms with Crippen LogP contribution in [-0.2, 0) is 16.1 Å². The van der Waals surface area contributed by atoms with Gasteiger partial charge in [-0.05, 0) is 30.8 Å². The number of hydrogen-bond donors (Lipinski definition) is 4. The molecule has 4 N–H and O–H groups in total. The van der Waals surface area contributed by atoms with Crippen LogP contribution in [0.15, 0.2) is 24.5 Å². The van der Waals surface area contributed by atoms with Crippen LogP contribution in [0.25, 0.3) is 11.4 Å². The van der Waals surface area contributed by atoms with Crippen molar-refractivity contribution in [3.63, 3.8) is 0 Å². The summed E-state index contributed by atoms with van der Waals surface area (Å²) >= 11 is 5.70. The maximum Gasteiger partial charge on any atom is 0.217 e. The minimum atomic E-state index is -1.38. The second-order valence-electron chi connectivity index (χ2n) is 7.60. The van der Waals surface area contributed by atoms with Crippen molar-refractivity contribution in [1.29, 1.82) is 0 Å². The van der Waals surface area contributed by atoms with Crippen molar-refractivity contribution >= 4 is 18.1 Å². The van der Waals surface area contributed by atoms with Gasteiger partial charge in [-0.1, -0.05) is 19.8 Å². The van der Waals surface area contributed by atoms with Crippen LogP contribution in [0, 0.1) is 4.77 Å². The molecule has 0 saturated carbocycles. The van der Waals surface area contributed by atoms with Gasteiger partial charge < -0.3 is 25.4 Å². The molecule has 2 aromatic rings. The number of nitrogens with zero attached hydrogens (tertiary/aromatic N) is 4. The van der Waals surface area contributed by atoms with Crippen LogP contribution < -0.4 is 5.32 Å². The Bertz CT molecular complexity index is 934. The molecule has 3 rings (SSSR count). The summed E-state index contributed by atoms with van der Waals surface area (Å²) in [6, 6.07) is 2.63. The van der Waals surface area contributed by atoms with Gasteiger partial charge in [0.2, 0.25) is 10.7 Å². The van der Waals surface area contributed by atoms with E-state index >= 15 is 0 Å². The first-order chi connectivity index (χ1) is 14.9. The van der Waals surface area contributed by atoms with Crippen LogP contribution in [0.1, 0.15) is 39.3 Å². The third-order valence-corrected chi connectivity index (χ3v) is 5.73. The summed E-state index contributed by atoms with van der Waals surface area (Å²) in [6.45, 7) is 3.54. The smallest absolute Gasteiger partial charge is 0.217 e. The molecule has 0 aromatic carbocycles. The Morgan fingerprint density at radius 1 is 1.26 bits per heavy atom. The van der Waals surface area contributed by atoms with Gasteiger partial charge in [-0.15, -0.1) is 5.10 Å². The lowest BCUT2D eigenvalue weighted by atomic mass is 9.96. The fourth-order valence-corrected chi connectivity index (χ4v) is 4.03. The van der Waals surface area contributed by atoms with Crippen LogP contribution in [0.3, 0.4) is 0 Å². The molecule has 3 heterocycles. The first-order valence-corrected chi connectivity index (χ1v) is 10.8. The maximum absolute atomic E-state index is 11.8. The Morgan fingerprint density at radius 2 is 1.97 bits per heavy atom. The SMILES string of the molecule is CCCCCn1c(-c2ccncc2)nn([C@@H]2O[C@@H](CO)[C@@H](O)[C@@H](O)[C@@H]2NC(C)=O)c1=S. The highest BCUT2D eigenvalue weighted by Crippen LogP contribution is 2.30. The molecule has 170 valence electrons. The van der Waals surface area contributed by atoms with Gasteiger partial charge >= 0.3 is 0 Å². The minimum Gasteiger partial charge on any atom is -0.394 e. The van der Waals surface area contributed by atoms with Crippen LogP contribution in [0.5, 0.6) is 0 Å². The summed E-state index contributed by atoms with van der Waals surface area (Å²) in [4.78, 5) is 15.8. The molecule has 1 saturated heterocycles. The molecule has 31 heavy (non-hydrogen) atoms. The van der Waals surface area contributed by atoms with E-state index in [0.717, 1.165) is 24.8 Å². The van der Waals surface area contributed by atoms with Crippen molar-refractivity contribution < 1.29 is 24.9 Å². The predicted octanol–water partition coefficient (Wildman–Crippen LogP) is 0.782. The van der Waals surface area contributed by atoms with Gasteiger partial charge in [0.05, 0.1) is 6.61 Å². The summed E-state index contributed by atoms with van der Waals surface area (Å²) in [5.41, 5.74) is 0.808. The fraction of sp³-hybridized carbons (Fsp3) is 0.600. The Balaban J connectivity index is 2.08. The lowest BCUT2D eigenvalue weighted by molar-refractivity contribution is -0.219. The third-order valence-electron chi connectivity index (χ3n) is 5.32. The van der Waals surface area contributed by atoms with Crippen molar-refractivity contribution in [2.24, 2.45) is 0 Å². The minimum absolute atomic E-state index is 0.351. The first-order valence-electron chi connectivity index (χ1n) is 10.4. The Morgan fingerprint density at radius 3 is 2.58 bits per heavy atom. The number of amides is 1. The van der Waals surface area contributed by atoms with E-state index in [9.17, 15) is 20.1 Å². The topological polar surface area (TPSA) is 135 Å². The summed E-state index contributed by atoms with van der Waals surface area (Å²) in [7, 11) is 0. The first kappa shape index (κ1) is 23.5. The molecule has 1 amide bonds. The van der Waals surface area contributed by atoms with E-state index in [2.05, 4.69) is 22.3 Å². The number of aliphatic hydroxyl groups is 3. The molecule has 11 heteroatoms. The molecule has 2 aromatic heterocycles. The highest BCUT2D eigenvalue weighted by atomic mass is 32.1. The zero-order valence-electron chi connectivity index (χ0n) is 17.6. The van der Waals surface area contributed by atoms with Crippen LogP contribution in [0.2, 0.25) is 0 Å². The van der Waals surface area contributed by atoms with Crippen molar-refractivity contribution in [2.45, 2.75) is 70.2 Å². The molecule has 1 aliphatic rings. The molecule has 0 spiro atoms. The van der Waals surface area contributed by atoms with Gasteiger partial charge in [-0.3, -0.25) is 14.3 Å². The molecule has 0 radical (unpaired) electrons. The van der Waals surface area contributed by atoms with Gasteiger partial charge in [0.25, 0.3) is 0 Å². The summed E-state index contributed by atoms with van der Waals surface area (Å²) in [6.07, 6.45) is 1.46. The van der Waals surface area contributed by atoms with Gasteiger partial charge in [0, 0.05) is 31.4 Å². The average molecular weight is 452 g/mol. The number of aliphatic hydroxyl groups excluding tert-OH is 3. The van der Waals surface area contributed by atoms with Crippen LogP contribution >= 0.6 is 12.2 Å². The number of hydrogen-bond acceptors (Lipinski definition) is 8. The van der Waals surface area contributed by atoms with Crippen LogP contribution in [0.4, 0.5) is 0 Å². The molecule has 0 aliphatic carbocycles. The van der Waals surface area contributed by atoms with Crippen molar-refractivity contribution in [2.75, 3.05) is 6.61 Å². The molecular formula is C20H29N5O5S. The van der Waals surface area contributed by atoms with Gasteiger partial charge in [-0.2, -0.15) is 0 Å². The third kappa shape index (κ3) is 5.01. The lowest BCUT2D eigenvalue weighted by Gasteiger charge is -2.42. The second-order valence-corrected chi connectivity index (χ2v) is 7.97. The van der Waals surface area contributed by atoms with Gasteiger partial charge in [0.15, 0.2) is 12.1 Å². The fourth-order valence-electron chi connectivity index (χ4n) is 3.71. The number of ether oxygens (including phenoxy) is 1. The summed E-state index contributed by atoms with van der Waals surface area (Å²) in [5, 5.41) is 37.8. The summed E-state index contributed by atoms with van der Waals surface area (Å²) < 4.78 is 9.53. The summed E-state index contributed by atoms with van der Waals surface area (Å²) in [5.74, 6) is 0.199. The molecule has 0 bridgehead atoms. The molecule has 1 fully saturated rings. The number of rotatable bonds is 8. The van der Waals surface area contributed by atoms with E-state index in [4.69, 9.17) is 17.0 Å². The number of nitrogens with one attached hydrogen (secondary N) is 1. The Kier molecular flexibility index (Phi) is 7.89. The number of aromatic nitrogens is 4. The monoisotopic (exact) mass is 451 g/mol. The van der Waals surface area contributed by atoms with E-state index in [-0.39, 0.29) is 0 Å². The van der Waals surface area contributed by atoms with Crippen molar-refractivity contribution in [3.05, 3.63) is 29.3 Å². The van der Waals surface area contributed by atoms with Crippen molar-refractivity contribution in [1.82, 2.24) is 24.6 Å². The normalized spacial score (nSPS) is 26.0. The van der Waals surface area contributed by atoms with E-state index in [1.807, 2.05) is 16.7 Å². The highest BCUT2D eigenvalue weighted by molar-refractivity contribution is 7.71. The molecular weight excluding hydrogens is 422 g/mol. The largest absolute Gasteiger partial charge is 0.394 e. The zero-order chi connectivity index (χ0) is 22.5. The van der Waals surface area contributed by atoms with E-state index < -0.39 is 43.1 Å². The Hall–Kier alpha value is -2.18. The van der Waals surface area contributed by atoms with E-state index in [0.29, 0.717) is 17.1 Å². The average Bonchev–Trinajstić information content (AvgIpc) is 3.08. The number of carbonyl (C=O) groups excluding carboxylic acids is 1. The predicted molar refractivity (Wildman–Crippen MR) is 114 cm³/mol. The Labute approximate surface area is 185 Å². The standard InChI is InChI=1S/C20H29N5O5S/c1-3-4-5-10-24-18(13-6-8-21-9-7-13)23-25(20(24)31)19-15(22-12(2)27)17(29)16(28)14(11-26)30-19/h6-9,14-17,19,26,28-29H,3-5,10-11H2,1-2H3,(H,22,27)/t14-,15-,16+,17-,19+/m0/s1. The lowest BCUT2D eigenvalue weighted by Crippen LogP contribution is -2.62. The molecule has 10 nitrogen and oxygen atoms in total. The second kappa shape index (κ2) is 10.4. The number of pyridine rings is 1. The quantitative estimate of drug-likeness (QED) is 0.342. The van der Waals surface area contributed by atoms with Gasteiger partial charge in [-0.25, -0.2) is 4.68 Å². The number of unbranched alkanes of at least 4 members (excludes halogenated alkanes) is 2. The van der Waals surface area contributed by atoms with Gasteiger partial charge in [0.1, 0.15) is 24.4 Å². The zero-order valence-corrected chi connectivity index (χ0v) is 18.4. The van der Waals surface area contributed by atoms with Crippen molar-refractivity contribution in [3.8, 4) is 11.4 Å². The number of carbonyl (C=O) groups is 1. The van der Waals surface area contributed by atoms with E-state index in [1.54, 1.807) is 12.4 Å². The molecule has 5 atom stereocenters. The maximum atomic E-state index is 11.8.